The zero-order valence-electron chi connectivity index (χ0n) is 16.0. The molecular weight excluding hydrogens is 352 g/mol. The molecule has 140 valence electrons. The Bertz CT molecular complexity index is 1140. The van der Waals surface area contributed by atoms with Crippen LogP contribution in [0.3, 0.4) is 0 Å². The summed E-state index contributed by atoms with van der Waals surface area (Å²) in [5.41, 5.74) is 3.29. The first-order valence-corrected chi connectivity index (χ1v) is 8.96. The van der Waals surface area contributed by atoms with E-state index in [1.807, 2.05) is 36.4 Å². The number of hydrogen-bond acceptors (Lipinski definition) is 4. The second-order valence-electron chi connectivity index (χ2n) is 6.67. The number of esters is 1. The van der Waals surface area contributed by atoms with Crippen molar-refractivity contribution in [2.24, 2.45) is 0 Å². The average molecular weight is 372 g/mol. The van der Waals surface area contributed by atoms with Crippen LogP contribution in [0.25, 0.3) is 22.6 Å². The molecule has 1 heterocycles. The van der Waals surface area contributed by atoms with Crippen LogP contribution in [-0.2, 0) is 9.53 Å². The van der Waals surface area contributed by atoms with E-state index in [9.17, 15) is 4.79 Å². The second kappa shape index (κ2) is 7.24. The Labute approximate surface area is 163 Å². The molecule has 0 unspecified atom stereocenters. The Hall–Kier alpha value is -3.53. The fourth-order valence-corrected chi connectivity index (χ4v) is 3.27. The van der Waals surface area contributed by atoms with Gasteiger partial charge in [-0.1, -0.05) is 35.9 Å². The van der Waals surface area contributed by atoms with Gasteiger partial charge in [-0.25, -0.2) is 4.79 Å². The van der Waals surface area contributed by atoms with Gasteiger partial charge < -0.3 is 14.2 Å². The standard InChI is InChI=1S/C24H20O4/c1-15-4-5-17-11-18(7-6-16(17)10-15)23-14-20(24(25)28-23)12-19-13-21(26-2)8-9-22(19)27-3/h4-14H,1-3H3/b20-12-. The largest absolute Gasteiger partial charge is 0.497 e. The molecule has 0 amide bonds. The normalized spacial score (nSPS) is 14.9. The molecule has 4 nitrogen and oxygen atoms in total. The van der Waals surface area contributed by atoms with E-state index < -0.39 is 0 Å². The first-order valence-electron chi connectivity index (χ1n) is 8.96. The maximum absolute atomic E-state index is 12.4. The molecule has 28 heavy (non-hydrogen) atoms. The van der Waals surface area contributed by atoms with Crippen LogP contribution < -0.4 is 9.47 Å². The predicted molar refractivity (Wildman–Crippen MR) is 110 cm³/mol. The number of cyclic esters (lactones) is 1. The molecular formula is C24H20O4. The summed E-state index contributed by atoms with van der Waals surface area (Å²) in [6.45, 7) is 2.07. The highest BCUT2D eigenvalue weighted by atomic mass is 16.5. The summed E-state index contributed by atoms with van der Waals surface area (Å²) in [4.78, 5) is 12.4. The number of rotatable bonds is 4. The first kappa shape index (κ1) is 17.9. The molecule has 0 aliphatic carbocycles. The van der Waals surface area contributed by atoms with Gasteiger partial charge in [-0.15, -0.1) is 0 Å². The summed E-state index contributed by atoms with van der Waals surface area (Å²) in [6.07, 6.45) is 3.51. The maximum atomic E-state index is 12.4. The number of benzene rings is 3. The smallest absolute Gasteiger partial charge is 0.343 e. The van der Waals surface area contributed by atoms with E-state index in [1.165, 1.54) is 5.56 Å². The van der Waals surface area contributed by atoms with E-state index >= 15 is 0 Å². The van der Waals surface area contributed by atoms with Crippen molar-refractivity contribution >= 4 is 28.6 Å². The molecule has 3 aromatic carbocycles. The molecule has 0 bridgehead atoms. The molecule has 0 saturated heterocycles. The molecule has 1 aliphatic rings. The van der Waals surface area contributed by atoms with Crippen molar-refractivity contribution in [3.63, 3.8) is 0 Å². The Morgan fingerprint density at radius 3 is 2.46 bits per heavy atom. The highest BCUT2D eigenvalue weighted by molar-refractivity contribution is 6.05. The number of hydrogen-bond donors (Lipinski definition) is 0. The minimum absolute atomic E-state index is 0.385. The molecule has 0 aromatic heterocycles. The van der Waals surface area contributed by atoms with Gasteiger partial charge in [0.15, 0.2) is 0 Å². The van der Waals surface area contributed by atoms with Gasteiger partial charge in [0.25, 0.3) is 0 Å². The summed E-state index contributed by atoms with van der Waals surface area (Å²) in [6, 6.07) is 17.8. The van der Waals surface area contributed by atoms with Gasteiger partial charge in [-0.3, -0.25) is 0 Å². The molecule has 0 N–H and O–H groups in total. The summed E-state index contributed by atoms with van der Waals surface area (Å²) in [5.74, 6) is 1.50. The van der Waals surface area contributed by atoms with Crippen molar-refractivity contribution in [3.8, 4) is 11.5 Å². The Kier molecular flexibility index (Phi) is 4.62. The highest BCUT2D eigenvalue weighted by Gasteiger charge is 2.22. The minimum Gasteiger partial charge on any atom is -0.497 e. The molecule has 0 radical (unpaired) electrons. The lowest BCUT2D eigenvalue weighted by atomic mass is 10.0. The van der Waals surface area contributed by atoms with Crippen molar-refractivity contribution in [1.29, 1.82) is 0 Å². The van der Waals surface area contributed by atoms with Crippen molar-refractivity contribution in [2.75, 3.05) is 14.2 Å². The van der Waals surface area contributed by atoms with E-state index in [4.69, 9.17) is 14.2 Å². The lowest BCUT2D eigenvalue weighted by molar-refractivity contribution is -0.130. The fourth-order valence-electron chi connectivity index (χ4n) is 3.27. The molecule has 0 spiro atoms. The summed E-state index contributed by atoms with van der Waals surface area (Å²) >= 11 is 0. The quantitative estimate of drug-likeness (QED) is 0.469. The summed E-state index contributed by atoms with van der Waals surface area (Å²) in [7, 11) is 3.19. The molecule has 1 aliphatic heterocycles. The van der Waals surface area contributed by atoms with Gasteiger partial charge in [0.2, 0.25) is 0 Å². The van der Waals surface area contributed by atoms with Gasteiger partial charge in [0.05, 0.1) is 19.8 Å². The topological polar surface area (TPSA) is 44.8 Å². The van der Waals surface area contributed by atoms with Crippen LogP contribution in [0.1, 0.15) is 16.7 Å². The zero-order chi connectivity index (χ0) is 19.7. The number of carbonyl (C=O) groups is 1. The molecule has 0 fully saturated rings. The van der Waals surface area contributed by atoms with Crippen molar-refractivity contribution in [2.45, 2.75) is 6.92 Å². The molecule has 3 aromatic rings. The Balaban J connectivity index is 1.72. The number of ether oxygens (including phenoxy) is 3. The molecule has 4 heteroatoms. The van der Waals surface area contributed by atoms with Crippen LogP contribution >= 0.6 is 0 Å². The van der Waals surface area contributed by atoms with Crippen molar-refractivity contribution in [3.05, 3.63) is 82.9 Å². The summed E-state index contributed by atoms with van der Waals surface area (Å²) < 4.78 is 16.2. The van der Waals surface area contributed by atoms with Gasteiger partial charge >= 0.3 is 5.97 Å². The van der Waals surface area contributed by atoms with Crippen LogP contribution in [0.5, 0.6) is 11.5 Å². The van der Waals surface area contributed by atoms with Crippen LogP contribution in [0, 0.1) is 6.92 Å². The van der Waals surface area contributed by atoms with E-state index in [0.29, 0.717) is 22.8 Å². The Morgan fingerprint density at radius 2 is 1.68 bits per heavy atom. The highest BCUT2D eigenvalue weighted by Crippen LogP contribution is 2.32. The molecule has 4 rings (SSSR count). The van der Waals surface area contributed by atoms with Crippen LogP contribution in [0.2, 0.25) is 0 Å². The zero-order valence-corrected chi connectivity index (χ0v) is 16.0. The Morgan fingerprint density at radius 1 is 0.893 bits per heavy atom. The summed E-state index contributed by atoms with van der Waals surface area (Å²) in [5, 5.41) is 2.26. The van der Waals surface area contributed by atoms with Gasteiger partial charge in [-0.05, 0) is 54.1 Å². The second-order valence-corrected chi connectivity index (χ2v) is 6.67. The average Bonchev–Trinajstić information content (AvgIpc) is 3.07. The van der Waals surface area contributed by atoms with E-state index in [-0.39, 0.29) is 5.97 Å². The van der Waals surface area contributed by atoms with Crippen molar-refractivity contribution in [1.82, 2.24) is 0 Å². The minimum atomic E-state index is -0.385. The third-order valence-electron chi connectivity index (χ3n) is 4.75. The monoisotopic (exact) mass is 372 g/mol. The maximum Gasteiger partial charge on any atom is 0.343 e. The van der Waals surface area contributed by atoms with E-state index in [1.54, 1.807) is 26.4 Å². The third-order valence-corrected chi connectivity index (χ3v) is 4.75. The van der Waals surface area contributed by atoms with Crippen molar-refractivity contribution < 1.29 is 19.0 Å². The number of aryl methyl sites for hydroxylation is 1. The van der Waals surface area contributed by atoms with E-state index in [0.717, 1.165) is 21.9 Å². The molecule has 0 saturated carbocycles. The van der Waals surface area contributed by atoms with Gasteiger partial charge in [-0.2, -0.15) is 0 Å². The van der Waals surface area contributed by atoms with Gasteiger partial charge in [0, 0.05) is 11.1 Å². The number of fused-ring (bicyclic) bond motifs is 1. The number of carbonyl (C=O) groups excluding carboxylic acids is 1. The lowest BCUT2D eigenvalue weighted by Crippen LogP contribution is -1.98. The van der Waals surface area contributed by atoms with Crippen LogP contribution in [-0.4, -0.2) is 20.2 Å². The fraction of sp³-hybridized carbons (Fsp3) is 0.125. The van der Waals surface area contributed by atoms with Gasteiger partial charge in [0.1, 0.15) is 17.3 Å². The number of methoxy groups -OCH3 is 2. The third kappa shape index (κ3) is 3.37. The lowest BCUT2D eigenvalue weighted by Gasteiger charge is -2.07. The SMILES string of the molecule is COc1ccc(OC)c(/C=C2/C=C(c3ccc4cc(C)ccc4c3)OC2=O)c1. The van der Waals surface area contributed by atoms with Crippen LogP contribution in [0.15, 0.2) is 66.2 Å². The predicted octanol–water partition coefficient (Wildman–Crippen LogP) is 5.15. The van der Waals surface area contributed by atoms with Crippen LogP contribution in [0.4, 0.5) is 0 Å². The first-order chi connectivity index (χ1) is 13.6. The molecule has 0 atom stereocenters. The van der Waals surface area contributed by atoms with E-state index in [2.05, 4.69) is 25.1 Å².